The van der Waals surface area contributed by atoms with Crippen molar-refractivity contribution in [3.63, 3.8) is 0 Å². The Morgan fingerprint density at radius 1 is 0.906 bits per heavy atom. The average Bonchev–Trinajstić information content (AvgIpc) is 3.17. The predicted molar refractivity (Wildman–Crippen MR) is 114 cm³/mol. The number of sulfonamides is 1. The van der Waals surface area contributed by atoms with Crippen LogP contribution in [0, 0.1) is 25.7 Å². The zero-order valence-electron chi connectivity index (χ0n) is 18.8. The molecule has 0 N–H and O–H groups in total. The number of aromatic nitrogens is 1. The van der Waals surface area contributed by atoms with Crippen molar-refractivity contribution >= 4 is 21.8 Å². The molecule has 0 aliphatic carbocycles. The summed E-state index contributed by atoms with van der Waals surface area (Å²) < 4.78 is 38.1. The van der Waals surface area contributed by atoms with Gasteiger partial charge in [0, 0.05) is 45.2 Å². The van der Waals surface area contributed by atoms with Crippen LogP contribution in [-0.4, -0.2) is 92.0 Å². The molecule has 4 heterocycles. The normalized spacial score (nSPS) is 24.0. The molecule has 0 radical (unpaired) electrons. The monoisotopic (exact) mass is 468 g/mol. The van der Waals surface area contributed by atoms with Gasteiger partial charge in [-0.2, -0.15) is 4.31 Å². The number of likely N-dealkylation sites (tertiary alicyclic amines) is 1. The van der Waals surface area contributed by atoms with E-state index in [0.29, 0.717) is 77.3 Å². The van der Waals surface area contributed by atoms with Crippen LogP contribution in [0.3, 0.4) is 0 Å². The Balaban J connectivity index is 1.35. The molecule has 3 fully saturated rings. The van der Waals surface area contributed by atoms with Gasteiger partial charge in [-0.1, -0.05) is 5.16 Å². The third kappa shape index (κ3) is 4.55. The number of carbonyl (C=O) groups excluding carboxylic acids is 2. The lowest BCUT2D eigenvalue weighted by atomic mass is 9.92. The molecule has 1 aromatic heterocycles. The van der Waals surface area contributed by atoms with Gasteiger partial charge >= 0.3 is 0 Å². The Morgan fingerprint density at radius 2 is 1.53 bits per heavy atom. The SMILES string of the molecule is Cc1noc(C)c1S(=O)(=O)N1CCCC(C(=O)N2CCC(C(=O)N3CCOCC3)CC2)C1. The van der Waals surface area contributed by atoms with Crippen LogP contribution in [0.25, 0.3) is 0 Å². The van der Waals surface area contributed by atoms with Crippen LogP contribution in [0.5, 0.6) is 0 Å². The lowest BCUT2D eigenvalue weighted by Crippen LogP contribution is -2.50. The molecule has 0 aromatic carbocycles. The van der Waals surface area contributed by atoms with E-state index in [1.807, 2.05) is 4.90 Å². The van der Waals surface area contributed by atoms with Gasteiger partial charge in [0.25, 0.3) is 0 Å². The van der Waals surface area contributed by atoms with E-state index in [9.17, 15) is 18.0 Å². The highest BCUT2D eigenvalue weighted by Gasteiger charge is 2.39. The Bertz CT molecular complexity index is 928. The molecule has 1 aromatic rings. The number of morpholine rings is 1. The molecule has 32 heavy (non-hydrogen) atoms. The number of hydrogen-bond donors (Lipinski definition) is 0. The third-order valence-electron chi connectivity index (χ3n) is 6.78. The van der Waals surface area contributed by atoms with E-state index in [2.05, 4.69) is 5.16 Å². The molecule has 11 heteroatoms. The summed E-state index contributed by atoms with van der Waals surface area (Å²) in [5.74, 6) is -0.0101. The molecule has 2 amide bonds. The number of amides is 2. The van der Waals surface area contributed by atoms with E-state index < -0.39 is 10.0 Å². The van der Waals surface area contributed by atoms with Crippen LogP contribution < -0.4 is 0 Å². The smallest absolute Gasteiger partial charge is 0.248 e. The fourth-order valence-electron chi connectivity index (χ4n) is 4.98. The van der Waals surface area contributed by atoms with E-state index in [1.165, 1.54) is 4.31 Å². The topological polar surface area (TPSA) is 113 Å². The second-order valence-electron chi connectivity index (χ2n) is 8.89. The van der Waals surface area contributed by atoms with E-state index in [4.69, 9.17) is 9.26 Å². The van der Waals surface area contributed by atoms with E-state index in [1.54, 1.807) is 18.7 Å². The van der Waals surface area contributed by atoms with Crippen LogP contribution >= 0.6 is 0 Å². The summed E-state index contributed by atoms with van der Waals surface area (Å²) in [6.45, 7) is 7.24. The molecule has 0 bridgehead atoms. The van der Waals surface area contributed by atoms with Crippen molar-refractivity contribution in [2.75, 3.05) is 52.5 Å². The molecular weight excluding hydrogens is 436 g/mol. The molecule has 0 saturated carbocycles. The minimum atomic E-state index is -3.76. The largest absolute Gasteiger partial charge is 0.378 e. The van der Waals surface area contributed by atoms with Crippen LogP contribution in [0.2, 0.25) is 0 Å². The third-order valence-corrected chi connectivity index (χ3v) is 8.89. The van der Waals surface area contributed by atoms with Crippen molar-refractivity contribution in [2.45, 2.75) is 44.4 Å². The van der Waals surface area contributed by atoms with Crippen molar-refractivity contribution in [3.8, 4) is 0 Å². The van der Waals surface area contributed by atoms with Crippen molar-refractivity contribution in [1.82, 2.24) is 19.3 Å². The van der Waals surface area contributed by atoms with Crippen molar-refractivity contribution in [2.24, 2.45) is 11.8 Å². The summed E-state index contributed by atoms with van der Waals surface area (Å²) in [6.07, 6.45) is 2.59. The summed E-state index contributed by atoms with van der Waals surface area (Å²) in [7, 11) is -3.76. The first-order chi connectivity index (χ1) is 15.3. The van der Waals surface area contributed by atoms with Crippen molar-refractivity contribution in [3.05, 3.63) is 11.5 Å². The number of ether oxygens (including phenoxy) is 1. The molecule has 10 nitrogen and oxygen atoms in total. The fourth-order valence-corrected chi connectivity index (χ4v) is 6.80. The minimum absolute atomic E-state index is 0.0130. The highest BCUT2D eigenvalue weighted by molar-refractivity contribution is 7.89. The molecule has 178 valence electrons. The standard InChI is InChI=1S/C21H32N4O6S/c1-15-19(16(2)31-22-15)32(28,29)25-7-3-4-18(14-25)21(27)23-8-5-17(6-9-23)20(26)24-10-12-30-13-11-24/h17-18H,3-14H2,1-2H3. The highest BCUT2D eigenvalue weighted by atomic mass is 32.2. The van der Waals surface area contributed by atoms with Gasteiger partial charge in [0.1, 0.15) is 10.6 Å². The van der Waals surface area contributed by atoms with Crippen molar-refractivity contribution < 1.29 is 27.3 Å². The zero-order chi connectivity index (χ0) is 22.9. The van der Waals surface area contributed by atoms with Crippen LogP contribution in [-0.2, 0) is 24.3 Å². The average molecular weight is 469 g/mol. The summed E-state index contributed by atoms with van der Waals surface area (Å²) in [5.41, 5.74) is 0.336. The summed E-state index contributed by atoms with van der Waals surface area (Å²) in [5, 5.41) is 3.77. The molecule has 3 saturated heterocycles. The molecule has 1 atom stereocenters. The van der Waals surface area contributed by atoms with Crippen LogP contribution in [0.15, 0.2) is 9.42 Å². The van der Waals surface area contributed by atoms with E-state index in [-0.39, 0.29) is 40.9 Å². The predicted octanol–water partition coefficient (Wildman–Crippen LogP) is 0.790. The van der Waals surface area contributed by atoms with E-state index >= 15 is 0 Å². The number of hydrogen-bond acceptors (Lipinski definition) is 7. The Kier molecular flexibility index (Phi) is 6.87. The lowest BCUT2D eigenvalue weighted by molar-refractivity contribution is -0.145. The van der Waals surface area contributed by atoms with Gasteiger partial charge in [0.2, 0.25) is 21.8 Å². The fraction of sp³-hybridized carbons (Fsp3) is 0.762. The highest BCUT2D eigenvalue weighted by Crippen LogP contribution is 2.29. The lowest BCUT2D eigenvalue weighted by Gasteiger charge is -2.38. The first kappa shape index (κ1) is 23.2. The first-order valence-electron chi connectivity index (χ1n) is 11.4. The molecule has 3 aliphatic rings. The van der Waals surface area contributed by atoms with Gasteiger partial charge in [0.15, 0.2) is 5.76 Å². The van der Waals surface area contributed by atoms with Gasteiger partial charge in [-0.05, 0) is 39.5 Å². The maximum absolute atomic E-state index is 13.2. The van der Waals surface area contributed by atoms with Gasteiger partial charge < -0.3 is 19.1 Å². The molecular formula is C21H32N4O6S. The number of aryl methyl sites for hydroxylation is 2. The quantitative estimate of drug-likeness (QED) is 0.642. The molecule has 1 unspecified atom stereocenters. The zero-order valence-corrected chi connectivity index (χ0v) is 19.6. The van der Waals surface area contributed by atoms with Gasteiger partial charge in [-0.15, -0.1) is 0 Å². The van der Waals surface area contributed by atoms with Gasteiger partial charge in [0.05, 0.1) is 19.1 Å². The number of piperidine rings is 2. The Morgan fingerprint density at radius 3 is 2.16 bits per heavy atom. The molecule has 0 spiro atoms. The Hall–Kier alpha value is -1.98. The number of rotatable bonds is 4. The molecule has 3 aliphatic heterocycles. The minimum Gasteiger partial charge on any atom is -0.378 e. The summed E-state index contributed by atoms with van der Waals surface area (Å²) in [4.78, 5) is 29.7. The second-order valence-corrected chi connectivity index (χ2v) is 10.8. The maximum atomic E-state index is 13.2. The number of nitrogens with zero attached hydrogens (tertiary/aromatic N) is 4. The Labute approximate surface area is 188 Å². The second kappa shape index (κ2) is 9.48. The maximum Gasteiger partial charge on any atom is 0.248 e. The van der Waals surface area contributed by atoms with E-state index in [0.717, 1.165) is 0 Å². The first-order valence-corrected chi connectivity index (χ1v) is 12.8. The summed E-state index contributed by atoms with van der Waals surface area (Å²) >= 11 is 0. The van der Waals surface area contributed by atoms with Gasteiger partial charge in [-0.25, -0.2) is 8.42 Å². The molecule has 4 rings (SSSR count). The van der Waals surface area contributed by atoms with Crippen molar-refractivity contribution in [1.29, 1.82) is 0 Å². The van der Waals surface area contributed by atoms with Crippen LogP contribution in [0.1, 0.15) is 37.1 Å². The van der Waals surface area contributed by atoms with Crippen LogP contribution in [0.4, 0.5) is 0 Å². The number of carbonyl (C=O) groups is 2. The summed E-state index contributed by atoms with van der Waals surface area (Å²) in [6, 6.07) is 0. The van der Waals surface area contributed by atoms with Gasteiger partial charge in [-0.3, -0.25) is 9.59 Å².